The molecule has 0 spiro atoms. The van der Waals surface area contributed by atoms with Crippen molar-refractivity contribution < 1.29 is 9.53 Å². The van der Waals surface area contributed by atoms with E-state index < -0.39 is 0 Å². The van der Waals surface area contributed by atoms with Gasteiger partial charge < -0.3 is 14.2 Å². The summed E-state index contributed by atoms with van der Waals surface area (Å²) in [6, 6.07) is 9.60. The number of aromatic nitrogens is 3. The van der Waals surface area contributed by atoms with E-state index in [0.29, 0.717) is 30.4 Å². The quantitative estimate of drug-likeness (QED) is 0.707. The molecule has 2 aromatic heterocycles. The normalized spacial score (nSPS) is 15.3. The third-order valence-corrected chi connectivity index (χ3v) is 4.94. The standard InChI is InChI=1S/C19H19ClN4O2/c20-15-11-21-8-5-18(15)26-14-6-9-23(10-7-14)19(25)12-24-13-22-16-3-1-2-4-17(16)24/h1-5,8,11,13-14H,6-7,9-10,12H2. The van der Waals surface area contributed by atoms with E-state index in [-0.39, 0.29) is 12.0 Å². The molecule has 0 radical (unpaired) electrons. The number of halogens is 1. The first-order chi connectivity index (χ1) is 12.7. The third kappa shape index (κ3) is 3.51. The van der Waals surface area contributed by atoms with Crippen LogP contribution in [-0.4, -0.2) is 44.5 Å². The summed E-state index contributed by atoms with van der Waals surface area (Å²) in [6.07, 6.45) is 6.60. The summed E-state index contributed by atoms with van der Waals surface area (Å²) in [5.74, 6) is 0.755. The Morgan fingerprint density at radius 3 is 2.85 bits per heavy atom. The lowest BCUT2D eigenvalue weighted by Crippen LogP contribution is -2.43. The molecule has 0 bridgehead atoms. The van der Waals surface area contributed by atoms with Crippen LogP contribution >= 0.6 is 11.6 Å². The Balaban J connectivity index is 1.34. The van der Waals surface area contributed by atoms with Crippen molar-refractivity contribution in [3.8, 4) is 5.75 Å². The highest BCUT2D eigenvalue weighted by Gasteiger charge is 2.24. The molecule has 1 aliphatic heterocycles. The lowest BCUT2D eigenvalue weighted by atomic mass is 10.1. The van der Waals surface area contributed by atoms with Gasteiger partial charge in [0.05, 0.1) is 17.4 Å². The molecule has 134 valence electrons. The fraction of sp³-hybridized carbons (Fsp3) is 0.316. The van der Waals surface area contributed by atoms with Crippen LogP contribution in [0.1, 0.15) is 12.8 Å². The summed E-state index contributed by atoms with van der Waals surface area (Å²) in [7, 11) is 0. The molecule has 1 aliphatic rings. The molecule has 6 nitrogen and oxygen atoms in total. The van der Waals surface area contributed by atoms with E-state index in [2.05, 4.69) is 9.97 Å². The number of hydrogen-bond acceptors (Lipinski definition) is 4. The van der Waals surface area contributed by atoms with E-state index >= 15 is 0 Å². The molecular formula is C19H19ClN4O2. The second-order valence-corrected chi connectivity index (χ2v) is 6.77. The fourth-order valence-electron chi connectivity index (χ4n) is 3.24. The monoisotopic (exact) mass is 370 g/mol. The molecule has 4 rings (SSSR count). The van der Waals surface area contributed by atoms with Crippen molar-refractivity contribution >= 4 is 28.5 Å². The molecule has 7 heteroatoms. The second-order valence-electron chi connectivity index (χ2n) is 6.37. The molecule has 0 saturated carbocycles. The number of imidazole rings is 1. The van der Waals surface area contributed by atoms with Crippen molar-refractivity contribution in [3.05, 3.63) is 54.1 Å². The molecule has 3 aromatic rings. The van der Waals surface area contributed by atoms with Crippen molar-refractivity contribution in [2.75, 3.05) is 13.1 Å². The van der Waals surface area contributed by atoms with E-state index in [1.54, 1.807) is 24.8 Å². The van der Waals surface area contributed by atoms with Crippen LogP contribution in [0, 0.1) is 0 Å². The number of fused-ring (bicyclic) bond motifs is 1. The minimum atomic E-state index is 0.0630. The number of piperidine rings is 1. The smallest absolute Gasteiger partial charge is 0.242 e. The van der Waals surface area contributed by atoms with Gasteiger partial charge in [0.25, 0.3) is 0 Å². The van der Waals surface area contributed by atoms with E-state index in [9.17, 15) is 4.79 Å². The van der Waals surface area contributed by atoms with Crippen molar-refractivity contribution in [3.63, 3.8) is 0 Å². The first kappa shape index (κ1) is 16.8. The van der Waals surface area contributed by atoms with Crippen molar-refractivity contribution in [1.29, 1.82) is 0 Å². The third-order valence-electron chi connectivity index (χ3n) is 4.66. The van der Waals surface area contributed by atoms with Crippen LogP contribution in [0.4, 0.5) is 0 Å². The number of nitrogens with zero attached hydrogens (tertiary/aromatic N) is 4. The topological polar surface area (TPSA) is 60.2 Å². The predicted octanol–water partition coefficient (Wildman–Crippen LogP) is 3.15. The van der Waals surface area contributed by atoms with Crippen molar-refractivity contribution in [2.24, 2.45) is 0 Å². The number of likely N-dealkylation sites (tertiary alicyclic amines) is 1. The van der Waals surface area contributed by atoms with Crippen LogP contribution in [0.25, 0.3) is 11.0 Å². The average Bonchev–Trinajstić information content (AvgIpc) is 3.07. The second kappa shape index (κ2) is 7.33. The number of benzene rings is 1. The van der Waals surface area contributed by atoms with Crippen LogP contribution in [0.3, 0.4) is 0 Å². The van der Waals surface area contributed by atoms with E-state index in [1.807, 2.05) is 33.7 Å². The highest BCUT2D eigenvalue weighted by molar-refractivity contribution is 6.31. The summed E-state index contributed by atoms with van der Waals surface area (Å²) < 4.78 is 7.85. The van der Waals surface area contributed by atoms with Crippen LogP contribution in [0.15, 0.2) is 49.1 Å². The number of para-hydroxylation sites is 2. The van der Waals surface area contributed by atoms with Gasteiger partial charge in [-0.1, -0.05) is 23.7 Å². The first-order valence-corrected chi connectivity index (χ1v) is 9.02. The molecule has 0 N–H and O–H groups in total. The lowest BCUT2D eigenvalue weighted by molar-refractivity contribution is -0.133. The van der Waals surface area contributed by atoms with Gasteiger partial charge in [-0.2, -0.15) is 0 Å². The molecule has 3 heterocycles. The maximum absolute atomic E-state index is 12.6. The number of carbonyl (C=O) groups is 1. The van der Waals surface area contributed by atoms with Crippen LogP contribution in [0.5, 0.6) is 5.75 Å². The van der Waals surface area contributed by atoms with Gasteiger partial charge in [-0.15, -0.1) is 0 Å². The Morgan fingerprint density at radius 1 is 1.23 bits per heavy atom. The van der Waals surface area contributed by atoms with Crippen molar-refractivity contribution in [2.45, 2.75) is 25.5 Å². The lowest BCUT2D eigenvalue weighted by Gasteiger charge is -2.32. The van der Waals surface area contributed by atoms with Crippen LogP contribution in [-0.2, 0) is 11.3 Å². The average molecular weight is 371 g/mol. The highest BCUT2D eigenvalue weighted by Crippen LogP contribution is 2.26. The molecule has 26 heavy (non-hydrogen) atoms. The Hall–Kier alpha value is -2.60. The fourth-order valence-corrected chi connectivity index (χ4v) is 3.41. The molecule has 1 saturated heterocycles. The highest BCUT2D eigenvalue weighted by atomic mass is 35.5. The predicted molar refractivity (Wildman–Crippen MR) is 99.2 cm³/mol. The van der Waals surface area contributed by atoms with E-state index in [1.165, 1.54) is 0 Å². The van der Waals surface area contributed by atoms with Gasteiger partial charge >= 0.3 is 0 Å². The molecular weight excluding hydrogens is 352 g/mol. The van der Waals surface area contributed by atoms with Crippen LogP contribution in [0.2, 0.25) is 5.02 Å². The van der Waals surface area contributed by atoms with E-state index in [4.69, 9.17) is 16.3 Å². The van der Waals surface area contributed by atoms with Gasteiger partial charge in [-0.3, -0.25) is 9.78 Å². The maximum atomic E-state index is 12.6. The molecule has 0 unspecified atom stereocenters. The summed E-state index contributed by atoms with van der Waals surface area (Å²) in [4.78, 5) is 22.8. The van der Waals surface area contributed by atoms with Gasteiger partial charge in [-0.25, -0.2) is 4.98 Å². The minimum Gasteiger partial charge on any atom is -0.489 e. The summed E-state index contributed by atoms with van der Waals surface area (Å²) in [5, 5.41) is 0.512. The summed E-state index contributed by atoms with van der Waals surface area (Å²) >= 11 is 6.09. The largest absolute Gasteiger partial charge is 0.489 e. The summed E-state index contributed by atoms with van der Waals surface area (Å²) in [5.41, 5.74) is 1.88. The molecule has 1 fully saturated rings. The van der Waals surface area contributed by atoms with Crippen molar-refractivity contribution in [1.82, 2.24) is 19.4 Å². The van der Waals surface area contributed by atoms with Gasteiger partial charge in [0.15, 0.2) is 0 Å². The van der Waals surface area contributed by atoms with Crippen LogP contribution < -0.4 is 4.74 Å². The molecule has 0 aliphatic carbocycles. The molecule has 1 aromatic carbocycles. The zero-order chi connectivity index (χ0) is 17.9. The number of hydrogen-bond donors (Lipinski definition) is 0. The van der Waals surface area contributed by atoms with Gasteiger partial charge in [0, 0.05) is 44.4 Å². The van der Waals surface area contributed by atoms with Gasteiger partial charge in [0.1, 0.15) is 23.4 Å². The number of carbonyl (C=O) groups excluding carboxylic acids is 1. The SMILES string of the molecule is O=C(Cn1cnc2ccccc21)N1CCC(Oc2ccncc2Cl)CC1. The van der Waals surface area contributed by atoms with Gasteiger partial charge in [0.2, 0.25) is 5.91 Å². The Morgan fingerprint density at radius 2 is 2.04 bits per heavy atom. The number of rotatable bonds is 4. The Kier molecular flexibility index (Phi) is 4.75. The zero-order valence-electron chi connectivity index (χ0n) is 14.2. The van der Waals surface area contributed by atoms with Gasteiger partial charge in [-0.05, 0) is 12.1 Å². The molecule has 0 atom stereocenters. The summed E-state index contributed by atoms with van der Waals surface area (Å²) in [6.45, 7) is 1.67. The maximum Gasteiger partial charge on any atom is 0.242 e. The van der Waals surface area contributed by atoms with E-state index in [0.717, 1.165) is 23.9 Å². The zero-order valence-corrected chi connectivity index (χ0v) is 15.0. The number of pyridine rings is 1. The number of amides is 1. The first-order valence-electron chi connectivity index (χ1n) is 8.64. The Bertz CT molecular complexity index is 919. The molecule has 1 amide bonds. The Labute approximate surface area is 156 Å². The minimum absolute atomic E-state index is 0.0630. The number of ether oxygens (including phenoxy) is 1.